The molecule has 4 rings (SSSR count). The maximum atomic E-state index is 10.3. The molecule has 104 valence electrons. The van der Waals surface area contributed by atoms with E-state index in [4.69, 9.17) is 4.74 Å². The van der Waals surface area contributed by atoms with Crippen LogP contribution >= 0.6 is 0 Å². The van der Waals surface area contributed by atoms with Gasteiger partial charge in [-0.15, -0.1) is 0 Å². The molecule has 1 aromatic carbocycles. The third-order valence-corrected chi connectivity index (χ3v) is 5.48. The molecule has 3 aliphatic carbocycles. The van der Waals surface area contributed by atoms with Gasteiger partial charge in [0.2, 0.25) is 0 Å². The highest BCUT2D eigenvalue weighted by atomic mass is 16.5. The summed E-state index contributed by atoms with van der Waals surface area (Å²) < 4.78 is 5.34. The summed E-state index contributed by atoms with van der Waals surface area (Å²) in [6, 6.07) is 6.42. The third kappa shape index (κ3) is 1.43. The van der Waals surface area contributed by atoms with Crippen LogP contribution in [0.5, 0.6) is 5.75 Å². The zero-order chi connectivity index (χ0) is 13.9. The Balaban J connectivity index is 1.80. The van der Waals surface area contributed by atoms with Gasteiger partial charge >= 0.3 is 0 Å². The minimum Gasteiger partial charge on any atom is -0.497 e. The molecular formula is C18H20O2. The third-order valence-electron chi connectivity index (χ3n) is 5.48. The van der Waals surface area contributed by atoms with Crippen LogP contribution in [0.4, 0.5) is 0 Å². The SMILES string of the molecule is COc1ccc2c(c1)CC1=C2CC[C@]2(C)C1=CC[C@@H]2O. The molecule has 0 amide bonds. The Bertz CT molecular complexity index is 653. The van der Waals surface area contributed by atoms with Gasteiger partial charge in [0.25, 0.3) is 0 Å². The van der Waals surface area contributed by atoms with Crippen LogP contribution in [0, 0.1) is 5.41 Å². The zero-order valence-electron chi connectivity index (χ0n) is 12.1. The van der Waals surface area contributed by atoms with E-state index in [1.807, 2.05) is 0 Å². The van der Waals surface area contributed by atoms with Crippen molar-refractivity contribution in [1.29, 1.82) is 0 Å². The molecule has 0 heterocycles. The molecular weight excluding hydrogens is 248 g/mol. The molecule has 1 N–H and O–H groups in total. The summed E-state index contributed by atoms with van der Waals surface area (Å²) in [5.74, 6) is 0.937. The molecule has 1 aromatic rings. The van der Waals surface area contributed by atoms with Crippen LogP contribution in [0.2, 0.25) is 0 Å². The Labute approximate surface area is 119 Å². The second-order valence-corrected chi connectivity index (χ2v) is 6.44. The van der Waals surface area contributed by atoms with Crippen molar-refractivity contribution in [2.75, 3.05) is 7.11 Å². The summed E-state index contributed by atoms with van der Waals surface area (Å²) in [6.45, 7) is 2.23. The van der Waals surface area contributed by atoms with Crippen molar-refractivity contribution in [2.24, 2.45) is 5.41 Å². The van der Waals surface area contributed by atoms with Crippen molar-refractivity contribution in [3.8, 4) is 5.75 Å². The van der Waals surface area contributed by atoms with E-state index in [2.05, 4.69) is 31.2 Å². The number of ether oxygens (including phenoxy) is 1. The van der Waals surface area contributed by atoms with Gasteiger partial charge in [0, 0.05) is 5.41 Å². The molecule has 0 aliphatic heterocycles. The van der Waals surface area contributed by atoms with Crippen LogP contribution < -0.4 is 4.74 Å². The lowest BCUT2D eigenvalue weighted by molar-refractivity contribution is 0.0732. The molecule has 2 atom stereocenters. The number of aliphatic hydroxyl groups excluding tert-OH is 1. The quantitative estimate of drug-likeness (QED) is 0.844. The van der Waals surface area contributed by atoms with E-state index in [1.165, 1.54) is 27.8 Å². The lowest BCUT2D eigenvalue weighted by atomic mass is 9.69. The summed E-state index contributed by atoms with van der Waals surface area (Å²) in [5.41, 5.74) is 7.12. The largest absolute Gasteiger partial charge is 0.497 e. The number of benzene rings is 1. The van der Waals surface area contributed by atoms with E-state index in [9.17, 15) is 5.11 Å². The van der Waals surface area contributed by atoms with E-state index >= 15 is 0 Å². The van der Waals surface area contributed by atoms with Crippen molar-refractivity contribution in [3.05, 3.63) is 46.5 Å². The Morgan fingerprint density at radius 1 is 1.30 bits per heavy atom. The Morgan fingerprint density at radius 3 is 2.95 bits per heavy atom. The first kappa shape index (κ1) is 12.2. The van der Waals surface area contributed by atoms with Crippen LogP contribution in [0.15, 0.2) is 35.4 Å². The number of allylic oxidation sites excluding steroid dienone is 2. The lowest BCUT2D eigenvalue weighted by Gasteiger charge is -2.37. The lowest BCUT2D eigenvalue weighted by Crippen LogP contribution is -2.32. The van der Waals surface area contributed by atoms with E-state index in [0.29, 0.717) is 0 Å². The highest BCUT2D eigenvalue weighted by Crippen LogP contribution is 2.56. The molecule has 0 bridgehead atoms. The Kier molecular flexibility index (Phi) is 2.43. The van der Waals surface area contributed by atoms with Gasteiger partial charge in [-0.3, -0.25) is 0 Å². The molecule has 2 nitrogen and oxygen atoms in total. The monoisotopic (exact) mass is 268 g/mol. The molecule has 0 fully saturated rings. The summed E-state index contributed by atoms with van der Waals surface area (Å²) >= 11 is 0. The Hall–Kier alpha value is -1.54. The standard InChI is InChI=1S/C18H20O2/c1-18-8-7-14-13-4-3-12(20-2)9-11(13)10-15(14)16(18)5-6-17(18)19/h3-5,9,17,19H,6-8,10H2,1-2H3/t17-,18+/m0/s1. The van der Waals surface area contributed by atoms with Crippen LogP contribution in [-0.2, 0) is 6.42 Å². The van der Waals surface area contributed by atoms with Crippen molar-refractivity contribution < 1.29 is 9.84 Å². The van der Waals surface area contributed by atoms with Gasteiger partial charge < -0.3 is 9.84 Å². The van der Waals surface area contributed by atoms with Crippen molar-refractivity contribution >= 4 is 5.57 Å². The van der Waals surface area contributed by atoms with Crippen LogP contribution in [0.25, 0.3) is 5.57 Å². The first-order chi connectivity index (χ1) is 9.63. The molecule has 0 saturated heterocycles. The molecule has 3 aliphatic rings. The predicted octanol–water partition coefficient (Wildman–Crippen LogP) is 3.50. The molecule has 0 unspecified atom stereocenters. The average molecular weight is 268 g/mol. The molecule has 0 saturated carbocycles. The van der Waals surface area contributed by atoms with E-state index in [-0.39, 0.29) is 11.5 Å². The smallest absolute Gasteiger partial charge is 0.119 e. The van der Waals surface area contributed by atoms with Crippen LogP contribution in [0.3, 0.4) is 0 Å². The fourth-order valence-corrected chi connectivity index (χ4v) is 4.20. The van der Waals surface area contributed by atoms with Gasteiger partial charge in [0.1, 0.15) is 5.75 Å². The van der Waals surface area contributed by atoms with Gasteiger partial charge in [-0.05, 0) is 65.7 Å². The summed E-state index contributed by atoms with van der Waals surface area (Å²) in [4.78, 5) is 0. The normalized spacial score (nSPS) is 30.8. The number of rotatable bonds is 1. The topological polar surface area (TPSA) is 29.5 Å². The van der Waals surface area contributed by atoms with Gasteiger partial charge in [-0.25, -0.2) is 0 Å². The average Bonchev–Trinajstić information content (AvgIpc) is 2.96. The highest BCUT2D eigenvalue weighted by molar-refractivity contribution is 5.82. The predicted molar refractivity (Wildman–Crippen MR) is 79.7 cm³/mol. The first-order valence-electron chi connectivity index (χ1n) is 7.42. The number of hydrogen-bond donors (Lipinski definition) is 1. The van der Waals surface area contributed by atoms with Crippen molar-refractivity contribution in [3.63, 3.8) is 0 Å². The van der Waals surface area contributed by atoms with Crippen LogP contribution in [0.1, 0.15) is 37.3 Å². The summed E-state index contributed by atoms with van der Waals surface area (Å²) in [6.07, 6.45) is 6.01. The molecule has 0 spiro atoms. The maximum absolute atomic E-state index is 10.3. The Morgan fingerprint density at radius 2 is 2.15 bits per heavy atom. The van der Waals surface area contributed by atoms with E-state index in [1.54, 1.807) is 7.11 Å². The number of fused-ring (bicyclic) bond motifs is 4. The molecule has 20 heavy (non-hydrogen) atoms. The van der Waals surface area contributed by atoms with E-state index < -0.39 is 0 Å². The first-order valence-corrected chi connectivity index (χ1v) is 7.42. The van der Waals surface area contributed by atoms with Crippen molar-refractivity contribution in [2.45, 2.75) is 38.7 Å². The summed E-state index contributed by atoms with van der Waals surface area (Å²) in [5, 5.41) is 10.3. The number of aliphatic hydroxyl groups is 1. The van der Waals surface area contributed by atoms with E-state index in [0.717, 1.165) is 31.4 Å². The fourth-order valence-electron chi connectivity index (χ4n) is 4.20. The highest BCUT2D eigenvalue weighted by Gasteiger charge is 2.46. The van der Waals surface area contributed by atoms with Crippen molar-refractivity contribution in [1.82, 2.24) is 0 Å². The minimum absolute atomic E-state index is 0.0229. The molecule has 2 heteroatoms. The zero-order valence-corrected chi connectivity index (χ0v) is 12.1. The van der Waals surface area contributed by atoms with Crippen LogP contribution in [-0.4, -0.2) is 18.3 Å². The number of methoxy groups -OCH3 is 1. The van der Waals surface area contributed by atoms with Gasteiger partial charge in [0.15, 0.2) is 0 Å². The fraction of sp³-hybridized carbons (Fsp3) is 0.444. The second-order valence-electron chi connectivity index (χ2n) is 6.44. The van der Waals surface area contributed by atoms with Gasteiger partial charge in [-0.1, -0.05) is 19.1 Å². The minimum atomic E-state index is -0.204. The van der Waals surface area contributed by atoms with Gasteiger partial charge in [0.05, 0.1) is 13.2 Å². The summed E-state index contributed by atoms with van der Waals surface area (Å²) in [7, 11) is 1.72. The number of hydrogen-bond acceptors (Lipinski definition) is 2. The maximum Gasteiger partial charge on any atom is 0.119 e. The molecule has 0 radical (unpaired) electrons. The van der Waals surface area contributed by atoms with Gasteiger partial charge in [-0.2, -0.15) is 0 Å². The second kappa shape index (κ2) is 3.98. The molecule has 0 aromatic heterocycles.